The number of allylic oxidation sites excluding steroid dienone is 4. The summed E-state index contributed by atoms with van der Waals surface area (Å²) >= 11 is 0. The zero-order chi connectivity index (χ0) is 21.3. The molecule has 0 bridgehead atoms. The maximum absolute atomic E-state index is 14.5. The average molecular weight is 417 g/mol. The van der Waals surface area contributed by atoms with Crippen LogP contribution in [-0.2, 0) is 11.2 Å². The Morgan fingerprint density at radius 3 is 2.43 bits per heavy atom. The monoisotopic (exact) mass is 416 g/mol. The number of rotatable bonds is 9. The van der Waals surface area contributed by atoms with Crippen LogP contribution in [0.3, 0.4) is 0 Å². The number of ether oxygens (including phenoxy) is 1. The third kappa shape index (κ3) is 6.26. The van der Waals surface area contributed by atoms with E-state index < -0.39 is 11.6 Å². The van der Waals surface area contributed by atoms with Gasteiger partial charge in [-0.15, -0.1) is 0 Å². The van der Waals surface area contributed by atoms with Crippen molar-refractivity contribution in [3.63, 3.8) is 0 Å². The Hall–Kier alpha value is -1.48. The van der Waals surface area contributed by atoms with Gasteiger partial charge in [0.15, 0.2) is 11.6 Å². The molecule has 2 aliphatic rings. The molecule has 1 nitrogen and oxygen atoms in total. The van der Waals surface area contributed by atoms with E-state index in [0.717, 1.165) is 50.2 Å². The molecule has 0 radical (unpaired) electrons. The number of hydrogen-bond donors (Lipinski definition) is 0. The highest BCUT2D eigenvalue weighted by Crippen LogP contribution is 2.34. The van der Waals surface area contributed by atoms with Crippen LogP contribution in [0.4, 0.5) is 8.78 Å². The Morgan fingerprint density at radius 1 is 0.967 bits per heavy atom. The lowest BCUT2D eigenvalue weighted by atomic mass is 9.84. The third-order valence-electron chi connectivity index (χ3n) is 6.78. The lowest BCUT2D eigenvalue weighted by Gasteiger charge is -2.30. The minimum atomic E-state index is -0.674. The highest BCUT2D eigenvalue weighted by atomic mass is 19.2. The topological polar surface area (TPSA) is 9.23 Å². The van der Waals surface area contributed by atoms with Crippen LogP contribution in [0.5, 0.6) is 0 Å². The second-order valence-electron chi connectivity index (χ2n) is 9.11. The minimum Gasteiger partial charge on any atom is -0.378 e. The Balaban J connectivity index is 1.45. The van der Waals surface area contributed by atoms with E-state index >= 15 is 0 Å². The molecule has 0 spiro atoms. The van der Waals surface area contributed by atoms with E-state index in [9.17, 15) is 8.78 Å². The fourth-order valence-electron chi connectivity index (χ4n) is 4.85. The van der Waals surface area contributed by atoms with E-state index in [1.807, 2.05) is 6.92 Å². The quantitative estimate of drug-likeness (QED) is 0.370. The summed E-state index contributed by atoms with van der Waals surface area (Å²) in [6.07, 6.45) is 18.4. The molecule has 1 fully saturated rings. The summed E-state index contributed by atoms with van der Waals surface area (Å²) in [5.74, 6) is -0.0213. The summed E-state index contributed by atoms with van der Waals surface area (Å²) in [7, 11) is 0. The van der Waals surface area contributed by atoms with E-state index in [4.69, 9.17) is 4.74 Å². The van der Waals surface area contributed by atoms with Crippen molar-refractivity contribution >= 4 is 5.57 Å². The molecule has 1 saturated carbocycles. The van der Waals surface area contributed by atoms with Gasteiger partial charge >= 0.3 is 0 Å². The molecule has 2 aliphatic carbocycles. The van der Waals surface area contributed by atoms with Crippen molar-refractivity contribution in [2.75, 3.05) is 6.61 Å². The molecule has 1 atom stereocenters. The van der Waals surface area contributed by atoms with Gasteiger partial charge < -0.3 is 4.74 Å². The second-order valence-corrected chi connectivity index (χ2v) is 9.11. The lowest BCUT2D eigenvalue weighted by molar-refractivity contribution is -0.00175. The summed E-state index contributed by atoms with van der Waals surface area (Å²) < 4.78 is 35.1. The molecule has 0 aromatic heterocycles. The van der Waals surface area contributed by atoms with Crippen LogP contribution in [0.2, 0.25) is 0 Å². The maximum atomic E-state index is 14.5. The first kappa shape index (κ1) is 23.2. The second kappa shape index (κ2) is 11.8. The number of aryl methyl sites for hydroxylation is 1. The fourth-order valence-corrected chi connectivity index (χ4v) is 4.85. The van der Waals surface area contributed by atoms with Crippen molar-refractivity contribution in [1.29, 1.82) is 0 Å². The first-order chi connectivity index (χ1) is 14.6. The molecule has 1 aromatic carbocycles. The first-order valence-corrected chi connectivity index (χ1v) is 12.0. The molecule has 3 heteroatoms. The van der Waals surface area contributed by atoms with Crippen molar-refractivity contribution in [2.45, 2.75) is 90.6 Å². The molecule has 1 aromatic rings. The van der Waals surface area contributed by atoms with E-state index in [2.05, 4.69) is 25.2 Å². The smallest absolute Gasteiger partial charge is 0.166 e. The van der Waals surface area contributed by atoms with Crippen molar-refractivity contribution in [2.24, 2.45) is 11.8 Å². The van der Waals surface area contributed by atoms with Crippen LogP contribution in [0, 0.1) is 23.5 Å². The van der Waals surface area contributed by atoms with Gasteiger partial charge in [-0.3, -0.25) is 0 Å². The Bertz CT molecular complexity index is 729. The van der Waals surface area contributed by atoms with Crippen LogP contribution in [0.15, 0.2) is 30.4 Å². The maximum Gasteiger partial charge on any atom is 0.166 e. The molecule has 1 unspecified atom stereocenters. The zero-order valence-electron chi connectivity index (χ0n) is 18.8. The number of benzene rings is 1. The summed E-state index contributed by atoms with van der Waals surface area (Å²) in [4.78, 5) is 0. The first-order valence-electron chi connectivity index (χ1n) is 12.0. The molecule has 0 N–H and O–H groups in total. The normalized spacial score (nSPS) is 24.9. The molecular formula is C27H38F2O. The standard InChI is InChI=1S/C27H38F2O/c1-3-5-6-8-20-11-16-24(17-12-20)30-19-21-9-13-22(14-10-21)25-18-15-23(7-4-2)26(28)27(25)29/h5-6,13,15,18,20-21,24H,3-4,7-12,14,16-17,19H2,1-2H3/b6-5-. The van der Waals surface area contributed by atoms with Crippen LogP contribution in [-0.4, -0.2) is 12.7 Å². The SMILES string of the molecule is CC/C=C\CC1CCC(OCC2CC=C(c3ccc(CCC)c(F)c3F)CC2)CC1. The van der Waals surface area contributed by atoms with E-state index in [-0.39, 0.29) is 0 Å². The summed E-state index contributed by atoms with van der Waals surface area (Å²) in [6, 6.07) is 3.52. The highest BCUT2D eigenvalue weighted by molar-refractivity contribution is 5.67. The van der Waals surface area contributed by atoms with Crippen molar-refractivity contribution < 1.29 is 13.5 Å². The highest BCUT2D eigenvalue weighted by Gasteiger charge is 2.24. The van der Waals surface area contributed by atoms with Crippen LogP contribution in [0.1, 0.15) is 89.2 Å². The molecule has 0 heterocycles. The zero-order valence-corrected chi connectivity index (χ0v) is 18.8. The molecular weight excluding hydrogens is 378 g/mol. The third-order valence-corrected chi connectivity index (χ3v) is 6.78. The van der Waals surface area contributed by atoms with Crippen molar-refractivity contribution in [3.05, 3.63) is 53.1 Å². The number of hydrogen-bond acceptors (Lipinski definition) is 1. The van der Waals surface area contributed by atoms with Gasteiger partial charge in [0.2, 0.25) is 0 Å². The minimum absolute atomic E-state index is 0.402. The van der Waals surface area contributed by atoms with Gasteiger partial charge in [-0.05, 0) is 87.2 Å². The molecule has 30 heavy (non-hydrogen) atoms. The summed E-state index contributed by atoms with van der Waals surface area (Å²) in [5.41, 5.74) is 1.88. The molecule has 166 valence electrons. The number of halogens is 2. The largest absolute Gasteiger partial charge is 0.378 e. The van der Waals surface area contributed by atoms with Crippen LogP contribution in [0.25, 0.3) is 5.57 Å². The molecule has 0 saturated heterocycles. The summed E-state index contributed by atoms with van der Waals surface area (Å²) in [5, 5.41) is 0. The van der Waals surface area contributed by atoms with Crippen LogP contribution < -0.4 is 0 Å². The Morgan fingerprint density at radius 2 is 1.77 bits per heavy atom. The van der Waals surface area contributed by atoms with Gasteiger partial charge in [-0.2, -0.15) is 0 Å². The average Bonchev–Trinajstić information content (AvgIpc) is 2.77. The van der Waals surface area contributed by atoms with E-state index in [1.54, 1.807) is 12.1 Å². The van der Waals surface area contributed by atoms with E-state index in [0.29, 0.717) is 29.6 Å². The van der Waals surface area contributed by atoms with Gasteiger partial charge in [0, 0.05) is 5.56 Å². The predicted molar refractivity (Wildman–Crippen MR) is 121 cm³/mol. The van der Waals surface area contributed by atoms with Crippen molar-refractivity contribution in [3.8, 4) is 0 Å². The predicted octanol–water partition coefficient (Wildman–Crippen LogP) is 8.03. The molecule has 3 rings (SSSR count). The Labute approximate surface area is 181 Å². The fraction of sp³-hybridized carbons (Fsp3) is 0.630. The lowest BCUT2D eigenvalue weighted by Crippen LogP contribution is -2.24. The van der Waals surface area contributed by atoms with Gasteiger partial charge in [-0.25, -0.2) is 8.78 Å². The van der Waals surface area contributed by atoms with E-state index in [1.165, 1.54) is 32.1 Å². The molecule has 0 aliphatic heterocycles. The van der Waals surface area contributed by atoms with Crippen molar-refractivity contribution in [1.82, 2.24) is 0 Å². The van der Waals surface area contributed by atoms with Gasteiger partial charge in [0.1, 0.15) is 0 Å². The van der Waals surface area contributed by atoms with Gasteiger partial charge in [0.05, 0.1) is 12.7 Å². The molecule has 0 amide bonds. The van der Waals surface area contributed by atoms with Gasteiger partial charge in [0.25, 0.3) is 0 Å². The van der Waals surface area contributed by atoms with Gasteiger partial charge in [-0.1, -0.05) is 50.6 Å². The van der Waals surface area contributed by atoms with Crippen LogP contribution >= 0.6 is 0 Å². The summed E-state index contributed by atoms with van der Waals surface area (Å²) in [6.45, 7) is 4.96. The Kier molecular flexibility index (Phi) is 9.11.